The molecule has 2 nitrogen and oxygen atoms in total. The largest absolute Gasteiger partial charge is 0.350 e. The van der Waals surface area contributed by atoms with E-state index in [1.165, 1.54) is 0 Å². The Bertz CT molecular complexity index is 210. The summed E-state index contributed by atoms with van der Waals surface area (Å²) in [5.74, 6) is 0. The number of rotatable bonds is 1. The van der Waals surface area contributed by atoms with Crippen LogP contribution in [0.15, 0.2) is 23.3 Å². The Morgan fingerprint density at radius 3 is 2.89 bits per heavy atom. The number of hydrogen-bond donors (Lipinski definition) is 0. The van der Waals surface area contributed by atoms with Crippen molar-refractivity contribution in [3.8, 4) is 0 Å². The Kier molecular flexibility index (Phi) is 1.68. The van der Waals surface area contributed by atoms with E-state index in [2.05, 4.69) is 4.99 Å². The van der Waals surface area contributed by atoms with Gasteiger partial charge >= 0.3 is 0 Å². The molecule has 1 aromatic rings. The molecule has 9 heavy (non-hydrogen) atoms. The highest BCUT2D eigenvalue weighted by Crippen LogP contribution is 1.93. The van der Waals surface area contributed by atoms with Crippen LogP contribution < -0.4 is 0 Å². The SMILES string of the molecule is CN=Cc1cccn1C. The molecule has 1 rings (SSSR count). The summed E-state index contributed by atoms with van der Waals surface area (Å²) in [6.07, 6.45) is 3.83. The molecule has 0 fully saturated rings. The first-order valence-corrected chi connectivity index (χ1v) is 2.88. The summed E-state index contributed by atoms with van der Waals surface area (Å²) in [4.78, 5) is 3.89. The molecule has 0 aliphatic rings. The van der Waals surface area contributed by atoms with Crippen LogP contribution in [0.25, 0.3) is 0 Å². The standard InChI is InChI=1S/C7H10N2/c1-8-6-7-4-3-5-9(7)2/h3-6H,1-2H3. The molecular weight excluding hydrogens is 112 g/mol. The molecule has 2 heteroatoms. The molecule has 0 aliphatic carbocycles. The van der Waals surface area contributed by atoms with Crippen molar-refractivity contribution in [2.75, 3.05) is 7.05 Å². The predicted molar refractivity (Wildman–Crippen MR) is 38.9 cm³/mol. The van der Waals surface area contributed by atoms with Crippen LogP contribution in [0.3, 0.4) is 0 Å². The summed E-state index contributed by atoms with van der Waals surface area (Å²) in [5, 5.41) is 0. The molecule has 0 radical (unpaired) electrons. The minimum atomic E-state index is 1.14. The van der Waals surface area contributed by atoms with Crippen molar-refractivity contribution in [3.63, 3.8) is 0 Å². The second kappa shape index (κ2) is 2.49. The Balaban J connectivity index is 2.94. The molecule has 0 amide bonds. The van der Waals surface area contributed by atoms with Gasteiger partial charge in [-0.05, 0) is 12.1 Å². The smallest absolute Gasteiger partial charge is 0.0585 e. The van der Waals surface area contributed by atoms with E-state index in [1.54, 1.807) is 7.05 Å². The highest BCUT2D eigenvalue weighted by Gasteiger charge is 1.87. The highest BCUT2D eigenvalue weighted by molar-refractivity contribution is 5.77. The van der Waals surface area contributed by atoms with E-state index in [0.717, 1.165) is 5.69 Å². The molecule has 1 aromatic heterocycles. The lowest BCUT2D eigenvalue weighted by Crippen LogP contribution is -1.91. The minimum absolute atomic E-state index is 1.14. The van der Waals surface area contributed by atoms with Crippen LogP contribution in [0.1, 0.15) is 5.69 Å². The highest BCUT2D eigenvalue weighted by atomic mass is 14.9. The topological polar surface area (TPSA) is 17.3 Å². The van der Waals surface area contributed by atoms with E-state index in [0.29, 0.717) is 0 Å². The van der Waals surface area contributed by atoms with E-state index in [-0.39, 0.29) is 0 Å². The minimum Gasteiger partial charge on any atom is -0.350 e. The Hall–Kier alpha value is -1.05. The molecule has 0 unspecified atom stereocenters. The van der Waals surface area contributed by atoms with Crippen LogP contribution in [0.2, 0.25) is 0 Å². The molecule has 0 aromatic carbocycles. The first-order valence-electron chi connectivity index (χ1n) is 2.88. The predicted octanol–water partition coefficient (Wildman–Crippen LogP) is 1.07. The fourth-order valence-corrected chi connectivity index (χ4v) is 0.741. The number of aliphatic imine (C=N–C) groups is 1. The Labute approximate surface area is 54.8 Å². The van der Waals surface area contributed by atoms with Crippen LogP contribution in [-0.4, -0.2) is 17.8 Å². The second-order valence-electron chi connectivity index (χ2n) is 1.93. The Morgan fingerprint density at radius 2 is 2.44 bits per heavy atom. The lowest BCUT2D eigenvalue weighted by molar-refractivity contribution is 0.918. The fraction of sp³-hybridized carbons (Fsp3) is 0.286. The normalized spacial score (nSPS) is 10.9. The van der Waals surface area contributed by atoms with Crippen LogP contribution in [0.4, 0.5) is 0 Å². The monoisotopic (exact) mass is 122 g/mol. The molecular formula is C7H10N2. The van der Waals surface area contributed by atoms with Crippen molar-refractivity contribution in [1.82, 2.24) is 4.57 Å². The lowest BCUT2D eigenvalue weighted by Gasteiger charge is -1.91. The molecule has 48 valence electrons. The van der Waals surface area contributed by atoms with Gasteiger partial charge in [0.05, 0.1) is 5.69 Å². The molecule has 0 saturated heterocycles. The van der Waals surface area contributed by atoms with Gasteiger partial charge in [-0.2, -0.15) is 0 Å². The van der Waals surface area contributed by atoms with Gasteiger partial charge in [0, 0.05) is 26.5 Å². The third kappa shape index (κ3) is 1.19. The number of aryl methyl sites for hydroxylation is 1. The maximum atomic E-state index is 3.89. The zero-order valence-electron chi connectivity index (χ0n) is 5.70. The summed E-state index contributed by atoms with van der Waals surface area (Å²) in [7, 11) is 3.77. The Morgan fingerprint density at radius 1 is 1.67 bits per heavy atom. The van der Waals surface area contributed by atoms with Crippen molar-refractivity contribution in [3.05, 3.63) is 24.0 Å². The van der Waals surface area contributed by atoms with Crippen molar-refractivity contribution in [2.24, 2.45) is 12.0 Å². The summed E-state index contributed by atoms with van der Waals surface area (Å²) in [5.41, 5.74) is 1.14. The quantitative estimate of drug-likeness (QED) is 0.496. The zero-order valence-corrected chi connectivity index (χ0v) is 5.70. The summed E-state index contributed by atoms with van der Waals surface area (Å²) in [6, 6.07) is 4.02. The summed E-state index contributed by atoms with van der Waals surface area (Å²) >= 11 is 0. The van der Waals surface area contributed by atoms with E-state index in [4.69, 9.17) is 0 Å². The molecule has 1 heterocycles. The molecule has 0 atom stereocenters. The van der Waals surface area contributed by atoms with Gasteiger partial charge in [0.1, 0.15) is 0 Å². The number of aromatic nitrogens is 1. The average molecular weight is 122 g/mol. The van der Waals surface area contributed by atoms with E-state index < -0.39 is 0 Å². The van der Waals surface area contributed by atoms with Gasteiger partial charge in [0.15, 0.2) is 0 Å². The first-order chi connectivity index (χ1) is 4.34. The average Bonchev–Trinajstić information content (AvgIpc) is 2.18. The van der Waals surface area contributed by atoms with Gasteiger partial charge in [-0.1, -0.05) is 0 Å². The second-order valence-corrected chi connectivity index (χ2v) is 1.93. The van der Waals surface area contributed by atoms with Gasteiger partial charge in [-0.25, -0.2) is 0 Å². The van der Waals surface area contributed by atoms with E-state index in [9.17, 15) is 0 Å². The first kappa shape index (κ1) is 6.08. The van der Waals surface area contributed by atoms with E-state index >= 15 is 0 Å². The van der Waals surface area contributed by atoms with Crippen molar-refractivity contribution >= 4 is 6.21 Å². The van der Waals surface area contributed by atoms with E-state index in [1.807, 2.05) is 36.2 Å². The van der Waals surface area contributed by atoms with Gasteiger partial charge in [-0.3, -0.25) is 4.99 Å². The lowest BCUT2D eigenvalue weighted by atomic mass is 10.5. The van der Waals surface area contributed by atoms with Crippen LogP contribution >= 0.6 is 0 Å². The van der Waals surface area contributed by atoms with Gasteiger partial charge < -0.3 is 4.57 Å². The van der Waals surface area contributed by atoms with Gasteiger partial charge in [-0.15, -0.1) is 0 Å². The van der Waals surface area contributed by atoms with Gasteiger partial charge in [0.25, 0.3) is 0 Å². The molecule has 0 N–H and O–H groups in total. The molecule has 0 saturated carbocycles. The third-order valence-electron chi connectivity index (χ3n) is 1.25. The van der Waals surface area contributed by atoms with Crippen LogP contribution in [-0.2, 0) is 7.05 Å². The van der Waals surface area contributed by atoms with Crippen molar-refractivity contribution in [1.29, 1.82) is 0 Å². The maximum absolute atomic E-state index is 3.89. The summed E-state index contributed by atoms with van der Waals surface area (Å²) in [6.45, 7) is 0. The molecule has 0 aliphatic heterocycles. The molecule has 0 bridgehead atoms. The maximum Gasteiger partial charge on any atom is 0.0585 e. The summed E-state index contributed by atoms with van der Waals surface area (Å²) < 4.78 is 2.02. The third-order valence-corrected chi connectivity index (χ3v) is 1.25. The fourth-order valence-electron chi connectivity index (χ4n) is 0.741. The molecule has 0 spiro atoms. The van der Waals surface area contributed by atoms with Crippen molar-refractivity contribution < 1.29 is 0 Å². The number of hydrogen-bond acceptors (Lipinski definition) is 1. The van der Waals surface area contributed by atoms with Crippen LogP contribution in [0.5, 0.6) is 0 Å². The zero-order chi connectivity index (χ0) is 6.69. The van der Waals surface area contributed by atoms with Crippen LogP contribution in [0, 0.1) is 0 Å². The number of nitrogens with zero attached hydrogens (tertiary/aromatic N) is 2. The van der Waals surface area contributed by atoms with Gasteiger partial charge in [0.2, 0.25) is 0 Å². The van der Waals surface area contributed by atoms with Crippen molar-refractivity contribution in [2.45, 2.75) is 0 Å².